The third-order valence-corrected chi connectivity index (χ3v) is 4.10. The van der Waals surface area contributed by atoms with Gasteiger partial charge < -0.3 is 5.32 Å². The first kappa shape index (κ1) is 15.1. The number of hydrogen-bond acceptors (Lipinski definition) is 1. The van der Waals surface area contributed by atoms with Crippen molar-refractivity contribution in [2.24, 2.45) is 0 Å². The van der Waals surface area contributed by atoms with Crippen molar-refractivity contribution >= 4 is 21.8 Å². The lowest BCUT2D eigenvalue weighted by Crippen LogP contribution is -2.47. The molecular formula is C13H16BrF2NO. The molecule has 0 heterocycles. The van der Waals surface area contributed by atoms with Crippen molar-refractivity contribution < 1.29 is 13.6 Å². The number of halogens is 3. The van der Waals surface area contributed by atoms with Crippen LogP contribution in [0.1, 0.15) is 25.8 Å². The minimum atomic E-state index is -0.931. The van der Waals surface area contributed by atoms with Crippen molar-refractivity contribution in [3.63, 3.8) is 0 Å². The Morgan fingerprint density at radius 3 is 2.56 bits per heavy atom. The van der Waals surface area contributed by atoms with E-state index in [0.29, 0.717) is 10.9 Å². The molecular weight excluding hydrogens is 304 g/mol. The van der Waals surface area contributed by atoms with Crippen LogP contribution in [0.25, 0.3) is 0 Å². The SMILES string of the molecule is CCC(C)(CBr)NC(=O)Cc1ccc(F)c(F)c1. The summed E-state index contributed by atoms with van der Waals surface area (Å²) in [5.74, 6) is -2.04. The summed E-state index contributed by atoms with van der Waals surface area (Å²) < 4.78 is 25.7. The molecule has 1 N–H and O–H groups in total. The van der Waals surface area contributed by atoms with E-state index in [1.807, 2.05) is 13.8 Å². The van der Waals surface area contributed by atoms with Crippen molar-refractivity contribution in [2.45, 2.75) is 32.2 Å². The molecule has 0 saturated carbocycles. The van der Waals surface area contributed by atoms with Crippen LogP contribution in [0.5, 0.6) is 0 Å². The van der Waals surface area contributed by atoms with E-state index in [4.69, 9.17) is 0 Å². The van der Waals surface area contributed by atoms with Crippen LogP contribution in [0.15, 0.2) is 18.2 Å². The van der Waals surface area contributed by atoms with E-state index >= 15 is 0 Å². The maximum Gasteiger partial charge on any atom is 0.224 e. The van der Waals surface area contributed by atoms with Crippen molar-refractivity contribution in [1.29, 1.82) is 0 Å². The molecule has 0 aromatic heterocycles. The third kappa shape index (κ3) is 4.05. The first-order chi connectivity index (χ1) is 8.40. The highest BCUT2D eigenvalue weighted by atomic mass is 79.9. The van der Waals surface area contributed by atoms with Crippen LogP contribution in [-0.4, -0.2) is 16.8 Å². The molecule has 0 bridgehead atoms. The van der Waals surface area contributed by atoms with Gasteiger partial charge in [-0.1, -0.05) is 28.9 Å². The summed E-state index contributed by atoms with van der Waals surface area (Å²) in [6, 6.07) is 3.49. The second-order valence-corrected chi connectivity index (χ2v) is 5.08. The standard InChI is InChI=1S/C13H16BrF2NO/c1-3-13(2,8-14)17-12(18)7-9-4-5-10(15)11(16)6-9/h4-6H,3,7-8H2,1-2H3,(H,17,18). The molecule has 5 heteroatoms. The monoisotopic (exact) mass is 319 g/mol. The molecule has 0 aliphatic rings. The van der Waals surface area contributed by atoms with Crippen molar-refractivity contribution in [2.75, 3.05) is 5.33 Å². The van der Waals surface area contributed by atoms with Gasteiger partial charge in [-0.25, -0.2) is 8.78 Å². The van der Waals surface area contributed by atoms with Crippen LogP contribution in [-0.2, 0) is 11.2 Å². The molecule has 0 spiro atoms. The van der Waals surface area contributed by atoms with Crippen LogP contribution < -0.4 is 5.32 Å². The van der Waals surface area contributed by atoms with Gasteiger partial charge in [0.25, 0.3) is 0 Å². The summed E-state index contributed by atoms with van der Waals surface area (Å²) in [6.45, 7) is 3.89. The predicted octanol–water partition coefficient (Wildman–Crippen LogP) is 3.19. The molecule has 1 unspecified atom stereocenters. The van der Waals surface area contributed by atoms with Gasteiger partial charge in [0.15, 0.2) is 11.6 Å². The fraction of sp³-hybridized carbons (Fsp3) is 0.462. The summed E-state index contributed by atoms with van der Waals surface area (Å²) in [7, 11) is 0. The molecule has 100 valence electrons. The number of benzene rings is 1. The molecule has 1 aromatic rings. The molecule has 0 aliphatic carbocycles. The Balaban J connectivity index is 2.67. The third-order valence-electron chi connectivity index (χ3n) is 2.87. The second-order valence-electron chi connectivity index (χ2n) is 4.52. The number of alkyl halides is 1. The number of hydrogen-bond donors (Lipinski definition) is 1. The van der Waals surface area contributed by atoms with Crippen LogP contribution in [0, 0.1) is 11.6 Å². The van der Waals surface area contributed by atoms with Gasteiger partial charge in [-0.2, -0.15) is 0 Å². The Kier molecular flexibility index (Phi) is 5.26. The largest absolute Gasteiger partial charge is 0.350 e. The lowest BCUT2D eigenvalue weighted by Gasteiger charge is -2.27. The fourth-order valence-electron chi connectivity index (χ4n) is 1.43. The number of amides is 1. The summed E-state index contributed by atoms with van der Waals surface area (Å²) in [4.78, 5) is 11.8. The van der Waals surface area contributed by atoms with Gasteiger partial charge in [0.05, 0.1) is 6.42 Å². The zero-order valence-corrected chi connectivity index (χ0v) is 12.0. The van der Waals surface area contributed by atoms with Crippen molar-refractivity contribution in [3.05, 3.63) is 35.4 Å². The van der Waals surface area contributed by atoms with E-state index in [1.165, 1.54) is 6.07 Å². The molecule has 1 amide bonds. The molecule has 0 saturated heterocycles. The normalized spacial score (nSPS) is 14.1. The molecule has 1 rings (SSSR count). The minimum absolute atomic E-state index is 0.0415. The highest BCUT2D eigenvalue weighted by Crippen LogP contribution is 2.14. The maximum absolute atomic E-state index is 13.0. The molecule has 0 fully saturated rings. The van der Waals surface area contributed by atoms with Gasteiger partial charge in [0, 0.05) is 10.9 Å². The van der Waals surface area contributed by atoms with Crippen LogP contribution in [0.3, 0.4) is 0 Å². The molecule has 0 radical (unpaired) electrons. The quantitative estimate of drug-likeness (QED) is 0.830. The topological polar surface area (TPSA) is 29.1 Å². The number of nitrogens with one attached hydrogen (secondary N) is 1. The first-order valence-corrected chi connectivity index (χ1v) is 6.83. The Labute approximate surface area is 114 Å². The van der Waals surface area contributed by atoms with Gasteiger partial charge in [-0.15, -0.1) is 0 Å². The summed E-state index contributed by atoms with van der Waals surface area (Å²) in [6.07, 6.45) is 0.821. The van der Waals surface area contributed by atoms with Crippen LogP contribution in [0.4, 0.5) is 8.78 Å². The van der Waals surface area contributed by atoms with Gasteiger partial charge in [-0.05, 0) is 31.0 Å². The van der Waals surface area contributed by atoms with Gasteiger partial charge in [-0.3, -0.25) is 4.79 Å². The van der Waals surface area contributed by atoms with Crippen molar-refractivity contribution in [3.8, 4) is 0 Å². The molecule has 1 atom stereocenters. The number of carbonyl (C=O) groups excluding carboxylic acids is 1. The van der Waals surface area contributed by atoms with E-state index in [1.54, 1.807) is 0 Å². The predicted molar refractivity (Wildman–Crippen MR) is 70.7 cm³/mol. The highest BCUT2D eigenvalue weighted by molar-refractivity contribution is 9.09. The lowest BCUT2D eigenvalue weighted by atomic mass is 10.0. The Morgan fingerprint density at radius 1 is 1.39 bits per heavy atom. The van der Waals surface area contributed by atoms with Crippen molar-refractivity contribution in [1.82, 2.24) is 5.32 Å². The molecule has 18 heavy (non-hydrogen) atoms. The van der Waals surface area contributed by atoms with E-state index in [-0.39, 0.29) is 17.9 Å². The van der Waals surface area contributed by atoms with Crippen LogP contribution in [0.2, 0.25) is 0 Å². The first-order valence-electron chi connectivity index (χ1n) is 5.71. The summed E-state index contributed by atoms with van der Waals surface area (Å²) in [5, 5.41) is 3.51. The Bertz CT molecular complexity index is 433. The average molecular weight is 320 g/mol. The Hall–Kier alpha value is -0.970. The number of carbonyl (C=O) groups is 1. The van der Waals surface area contributed by atoms with Crippen LogP contribution >= 0.6 is 15.9 Å². The average Bonchev–Trinajstić information content (AvgIpc) is 2.33. The highest BCUT2D eigenvalue weighted by Gasteiger charge is 2.22. The summed E-state index contributed by atoms with van der Waals surface area (Å²) >= 11 is 3.34. The van der Waals surface area contributed by atoms with Gasteiger partial charge >= 0.3 is 0 Å². The fourth-order valence-corrected chi connectivity index (χ4v) is 1.97. The minimum Gasteiger partial charge on any atom is -0.350 e. The van der Waals surface area contributed by atoms with E-state index in [0.717, 1.165) is 18.6 Å². The number of rotatable bonds is 5. The summed E-state index contributed by atoms with van der Waals surface area (Å²) in [5.41, 5.74) is 0.134. The van der Waals surface area contributed by atoms with Gasteiger partial charge in [0.2, 0.25) is 5.91 Å². The lowest BCUT2D eigenvalue weighted by molar-refractivity contribution is -0.122. The molecule has 1 aromatic carbocycles. The zero-order chi connectivity index (χ0) is 13.8. The maximum atomic E-state index is 13.0. The smallest absolute Gasteiger partial charge is 0.224 e. The Morgan fingerprint density at radius 2 is 2.06 bits per heavy atom. The van der Waals surface area contributed by atoms with E-state index in [2.05, 4.69) is 21.2 Å². The molecule has 0 aliphatic heterocycles. The van der Waals surface area contributed by atoms with E-state index in [9.17, 15) is 13.6 Å². The van der Waals surface area contributed by atoms with Gasteiger partial charge in [0.1, 0.15) is 0 Å². The second kappa shape index (κ2) is 6.27. The zero-order valence-electron chi connectivity index (χ0n) is 10.4. The molecule has 2 nitrogen and oxygen atoms in total. The van der Waals surface area contributed by atoms with E-state index < -0.39 is 11.6 Å².